The zero-order valence-corrected chi connectivity index (χ0v) is 8.25. The van der Waals surface area contributed by atoms with E-state index < -0.39 is 11.5 Å². The zero-order valence-electron chi connectivity index (χ0n) is 8.25. The second-order valence-electron chi connectivity index (χ2n) is 4.41. The number of hydrogen-bond donors (Lipinski definition) is 2. The summed E-state index contributed by atoms with van der Waals surface area (Å²) in [6.45, 7) is 1.87. The molecule has 3 heteroatoms. The van der Waals surface area contributed by atoms with Crippen LogP contribution in [-0.4, -0.2) is 16.6 Å². The van der Waals surface area contributed by atoms with E-state index in [-0.39, 0.29) is 6.42 Å². The van der Waals surface area contributed by atoms with Crippen LogP contribution in [0.1, 0.15) is 45.4 Å². The lowest BCUT2D eigenvalue weighted by atomic mass is 9.75. The van der Waals surface area contributed by atoms with Crippen LogP contribution in [0.25, 0.3) is 0 Å². The molecular weight excluding hydrogens is 166 g/mol. The summed E-state index contributed by atoms with van der Waals surface area (Å²) in [5.41, 5.74) is 5.50. The average Bonchev–Trinajstić information content (AvgIpc) is 2.04. The van der Waals surface area contributed by atoms with Gasteiger partial charge in [0.15, 0.2) is 0 Å². The number of aliphatic carboxylic acids is 1. The van der Waals surface area contributed by atoms with E-state index in [2.05, 4.69) is 0 Å². The van der Waals surface area contributed by atoms with Crippen LogP contribution in [-0.2, 0) is 4.79 Å². The number of rotatable bonds is 3. The van der Waals surface area contributed by atoms with E-state index in [1.807, 2.05) is 6.92 Å². The first kappa shape index (κ1) is 10.5. The van der Waals surface area contributed by atoms with E-state index >= 15 is 0 Å². The summed E-state index contributed by atoms with van der Waals surface area (Å²) in [7, 11) is 0. The predicted octanol–water partition coefficient (Wildman–Crippen LogP) is 1.76. The molecule has 0 saturated heterocycles. The second-order valence-corrected chi connectivity index (χ2v) is 4.41. The van der Waals surface area contributed by atoms with Crippen LogP contribution in [0.4, 0.5) is 0 Å². The molecule has 0 radical (unpaired) electrons. The summed E-state index contributed by atoms with van der Waals surface area (Å²) in [5.74, 6) is -0.382. The van der Waals surface area contributed by atoms with Gasteiger partial charge in [0.2, 0.25) is 0 Å². The summed E-state index contributed by atoms with van der Waals surface area (Å²) in [4.78, 5) is 10.6. The molecule has 0 aromatic carbocycles. The SMILES string of the molecule is C[C@@](N)(CC(=O)O)C1CCCCC1. The molecule has 1 saturated carbocycles. The molecule has 0 aromatic rings. The smallest absolute Gasteiger partial charge is 0.305 e. The molecule has 3 N–H and O–H groups in total. The molecule has 0 bridgehead atoms. The Morgan fingerprint density at radius 1 is 1.46 bits per heavy atom. The number of carboxylic acids is 1. The predicted molar refractivity (Wildman–Crippen MR) is 51.4 cm³/mol. The summed E-state index contributed by atoms with van der Waals surface area (Å²) in [5, 5.41) is 8.70. The fourth-order valence-corrected chi connectivity index (χ4v) is 2.23. The molecular formula is C10H19NO2. The highest BCUT2D eigenvalue weighted by Gasteiger charge is 2.32. The summed E-state index contributed by atoms with van der Waals surface area (Å²) in [6, 6.07) is 0. The standard InChI is InChI=1S/C10H19NO2/c1-10(11,7-9(12)13)8-5-3-2-4-6-8/h8H,2-7,11H2,1H3,(H,12,13)/t10-/m1/s1. The molecule has 0 heterocycles. The van der Waals surface area contributed by atoms with E-state index in [1.165, 1.54) is 19.3 Å². The van der Waals surface area contributed by atoms with Crippen LogP contribution in [0, 0.1) is 5.92 Å². The minimum atomic E-state index is -0.782. The van der Waals surface area contributed by atoms with Gasteiger partial charge >= 0.3 is 5.97 Å². The van der Waals surface area contributed by atoms with Gasteiger partial charge in [-0.1, -0.05) is 19.3 Å². The summed E-state index contributed by atoms with van der Waals surface area (Å²) in [6.07, 6.45) is 5.98. The highest BCUT2D eigenvalue weighted by molar-refractivity contribution is 5.68. The van der Waals surface area contributed by atoms with Crippen LogP contribution < -0.4 is 5.73 Å². The molecule has 1 fully saturated rings. The van der Waals surface area contributed by atoms with Gasteiger partial charge in [-0.2, -0.15) is 0 Å². The van der Waals surface area contributed by atoms with E-state index in [0.717, 1.165) is 12.8 Å². The summed E-state index contributed by atoms with van der Waals surface area (Å²) >= 11 is 0. The van der Waals surface area contributed by atoms with Gasteiger partial charge in [0.1, 0.15) is 0 Å². The molecule has 3 nitrogen and oxygen atoms in total. The maximum Gasteiger partial charge on any atom is 0.305 e. The van der Waals surface area contributed by atoms with E-state index in [4.69, 9.17) is 10.8 Å². The van der Waals surface area contributed by atoms with Gasteiger partial charge in [-0.3, -0.25) is 4.79 Å². The highest BCUT2D eigenvalue weighted by Crippen LogP contribution is 2.32. The van der Waals surface area contributed by atoms with Crippen molar-refractivity contribution in [2.45, 2.75) is 51.0 Å². The molecule has 1 rings (SSSR count). The number of hydrogen-bond acceptors (Lipinski definition) is 2. The van der Waals surface area contributed by atoms with Crippen molar-refractivity contribution in [1.82, 2.24) is 0 Å². The van der Waals surface area contributed by atoms with Crippen molar-refractivity contribution < 1.29 is 9.90 Å². The van der Waals surface area contributed by atoms with Crippen molar-refractivity contribution in [3.63, 3.8) is 0 Å². The Morgan fingerprint density at radius 2 is 2.00 bits per heavy atom. The minimum Gasteiger partial charge on any atom is -0.481 e. The topological polar surface area (TPSA) is 63.3 Å². The zero-order chi connectivity index (χ0) is 9.90. The van der Waals surface area contributed by atoms with Gasteiger partial charge in [0.25, 0.3) is 0 Å². The van der Waals surface area contributed by atoms with Gasteiger partial charge in [-0.15, -0.1) is 0 Å². The van der Waals surface area contributed by atoms with Crippen molar-refractivity contribution >= 4 is 5.97 Å². The number of nitrogens with two attached hydrogens (primary N) is 1. The Balaban J connectivity index is 2.50. The van der Waals surface area contributed by atoms with Crippen molar-refractivity contribution in [3.8, 4) is 0 Å². The fourth-order valence-electron chi connectivity index (χ4n) is 2.23. The molecule has 13 heavy (non-hydrogen) atoms. The molecule has 0 spiro atoms. The van der Waals surface area contributed by atoms with E-state index in [9.17, 15) is 4.79 Å². The Labute approximate surface area is 79.3 Å². The summed E-state index contributed by atoms with van der Waals surface area (Å²) < 4.78 is 0. The van der Waals surface area contributed by atoms with Crippen molar-refractivity contribution in [3.05, 3.63) is 0 Å². The molecule has 1 aliphatic carbocycles. The quantitative estimate of drug-likeness (QED) is 0.704. The van der Waals surface area contributed by atoms with Gasteiger partial charge in [0, 0.05) is 5.54 Å². The second kappa shape index (κ2) is 4.09. The average molecular weight is 185 g/mol. The van der Waals surface area contributed by atoms with Gasteiger partial charge < -0.3 is 10.8 Å². The third-order valence-electron chi connectivity index (χ3n) is 3.07. The molecule has 0 amide bonds. The lowest BCUT2D eigenvalue weighted by molar-refractivity contribution is -0.138. The van der Waals surface area contributed by atoms with Crippen LogP contribution in [0.5, 0.6) is 0 Å². The lowest BCUT2D eigenvalue weighted by Crippen LogP contribution is -2.46. The Hall–Kier alpha value is -0.570. The van der Waals surface area contributed by atoms with Crippen LogP contribution in [0.2, 0.25) is 0 Å². The maximum absolute atomic E-state index is 10.6. The number of carboxylic acid groups (broad SMARTS) is 1. The van der Waals surface area contributed by atoms with Gasteiger partial charge in [-0.25, -0.2) is 0 Å². The third-order valence-corrected chi connectivity index (χ3v) is 3.07. The molecule has 1 atom stereocenters. The Kier molecular flexibility index (Phi) is 3.31. The highest BCUT2D eigenvalue weighted by atomic mass is 16.4. The Bertz CT molecular complexity index is 183. The van der Waals surface area contributed by atoms with Crippen molar-refractivity contribution in [1.29, 1.82) is 0 Å². The Morgan fingerprint density at radius 3 is 2.46 bits per heavy atom. The van der Waals surface area contributed by atoms with Crippen molar-refractivity contribution in [2.75, 3.05) is 0 Å². The normalized spacial score (nSPS) is 23.8. The van der Waals surface area contributed by atoms with Gasteiger partial charge in [0.05, 0.1) is 6.42 Å². The first-order valence-corrected chi connectivity index (χ1v) is 5.03. The maximum atomic E-state index is 10.6. The first-order chi connectivity index (χ1) is 6.02. The van der Waals surface area contributed by atoms with Gasteiger partial charge in [-0.05, 0) is 25.7 Å². The minimum absolute atomic E-state index is 0.0949. The van der Waals surface area contributed by atoms with E-state index in [1.54, 1.807) is 0 Å². The third kappa shape index (κ3) is 2.99. The van der Waals surface area contributed by atoms with Crippen LogP contribution in [0.3, 0.4) is 0 Å². The molecule has 0 aliphatic heterocycles. The molecule has 76 valence electrons. The molecule has 0 aromatic heterocycles. The van der Waals surface area contributed by atoms with Crippen LogP contribution >= 0.6 is 0 Å². The first-order valence-electron chi connectivity index (χ1n) is 5.03. The molecule has 0 unspecified atom stereocenters. The largest absolute Gasteiger partial charge is 0.481 e. The van der Waals surface area contributed by atoms with Crippen LogP contribution in [0.15, 0.2) is 0 Å². The van der Waals surface area contributed by atoms with Crippen molar-refractivity contribution in [2.24, 2.45) is 11.7 Å². The molecule has 1 aliphatic rings. The fraction of sp³-hybridized carbons (Fsp3) is 0.900. The van der Waals surface area contributed by atoms with E-state index in [0.29, 0.717) is 5.92 Å². The number of carbonyl (C=O) groups is 1. The monoisotopic (exact) mass is 185 g/mol. The lowest BCUT2D eigenvalue weighted by Gasteiger charge is -2.35.